The van der Waals surface area contributed by atoms with E-state index in [1.54, 1.807) is 18.5 Å². The molecular weight excluding hydrogens is 442 g/mol. The molecule has 3 atom stereocenters. The summed E-state index contributed by atoms with van der Waals surface area (Å²) in [6.45, 7) is 7.63. The van der Waals surface area contributed by atoms with E-state index in [0.29, 0.717) is 16.8 Å². The Labute approximate surface area is 196 Å². The van der Waals surface area contributed by atoms with Crippen LogP contribution in [0, 0.1) is 17.6 Å². The minimum absolute atomic E-state index is 0.0159. The fourth-order valence-corrected chi connectivity index (χ4v) is 4.03. The Morgan fingerprint density at radius 1 is 1.24 bits per heavy atom. The summed E-state index contributed by atoms with van der Waals surface area (Å²) in [6.07, 6.45) is 9.21. The largest absolute Gasteiger partial charge is 0.368 e. The van der Waals surface area contributed by atoms with Crippen LogP contribution in [0.15, 0.2) is 47.7 Å². The number of fused-ring (bicyclic) bond motifs is 1. The first-order chi connectivity index (χ1) is 16.2. The number of pyridine rings is 1. The van der Waals surface area contributed by atoms with Crippen LogP contribution in [0.5, 0.6) is 0 Å². The summed E-state index contributed by atoms with van der Waals surface area (Å²) in [4.78, 5) is 16.5. The monoisotopic (exact) mass is 470 g/mol. The third-order valence-electron chi connectivity index (χ3n) is 5.91. The molecule has 34 heavy (non-hydrogen) atoms. The van der Waals surface area contributed by atoms with Gasteiger partial charge in [-0.15, -0.1) is 5.10 Å². The Hall–Kier alpha value is -3.76. The molecular formula is C23H28F2N8O. The maximum absolute atomic E-state index is 14.5. The molecule has 0 fully saturated rings. The Morgan fingerprint density at radius 2 is 1.94 bits per heavy atom. The fraction of sp³-hybridized carbons (Fsp3) is 0.391. The van der Waals surface area contributed by atoms with Crippen molar-refractivity contribution in [3.8, 4) is 0 Å². The minimum atomic E-state index is -0.727. The number of allylic oxidation sites excluding steroid dienone is 2. The Bertz CT molecular complexity index is 1170. The van der Waals surface area contributed by atoms with E-state index in [-0.39, 0.29) is 29.4 Å². The standard InChI is InChI=1S/C23H28F2N8O/c1-5-13(4)29-22(34)18-6-14(7-19-30-23(26)31-33(18)19)15-8-28-32(11-15)21(12(2)3)20-16(24)9-27-10-17(20)25/h6-13,19,21H,5H2,1-4H3,(H,29,34)(H3,26,30,31). The van der Waals surface area contributed by atoms with Crippen LogP contribution in [-0.4, -0.2) is 43.8 Å². The first kappa shape index (κ1) is 23.4. The van der Waals surface area contributed by atoms with Crippen LogP contribution < -0.4 is 16.4 Å². The van der Waals surface area contributed by atoms with Gasteiger partial charge in [-0.25, -0.2) is 13.8 Å². The minimum Gasteiger partial charge on any atom is -0.368 e. The highest BCUT2D eigenvalue weighted by molar-refractivity contribution is 5.98. The van der Waals surface area contributed by atoms with Gasteiger partial charge in [0, 0.05) is 17.8 Å². The zero-order chi connectivity index (χ0) is 24.6. The van der Waals surface area contributed by atoms with Crippen molar-refractivity contribution in [2.45, 2.75) is 52.4 Å². The molecule has 2 aromatic heterocycles. The second kappa shape index (κ2) is 9.24. The highest BCUT2D eigenvalue weighted by Crippen LogP contribution is 2.33. The summed E-state index contributed by atoms with van der Waals surface area (Å²) in [5, 5.41) is 16.1. The number of rotatable bonds is 7. The smallest absolute Gasteiger partial charge is 0.269 e. The number of carbonyl (C=O) groups excluding carboxylic acids is 1. The van der Waals surface area contributed by atoms with Gasteiger partial charge in [-0.3, -0.25) is 14.5 Å². The predicted octanol–water partition coefficient (Wildman–Crippen LogP) is 2.46. The van der Waals surface area contributed by atoms with E-state index in [1.807, 2.05) is 33.8 Å². The number of nitrogens with zero attached hydrogens (tertiary/aromatic N) is 5. The van der Waals surface area contributed by atoms with E-state index >= 15 is 0 Å². The van der Waals surface area contributed by atoms with Gasteiger partial charge in [-0.1, -0.05) is 20.8 Å². The first-order valence-electron chi connectivity index (χ1n) is 11.2. The van der Waals surface area contributed by atoms with E-state index in [0.717, 1.165) is 18.8 Å². The molecule has 0 saturated carbocycles. The van der Waals surface area contributed by atoms with Gasteiger partial charge >= 0.3 is 0 Å². The molecule has 0 aliphatic carbocycles. The molecule has 3 unspecified atom stereocenters. The third-order valence-corrected chi connectivity index (χ3v) is 5.91. The maximum atomic E-state index is 14.5. The number of hydrogen-bond acceptors (Lipinski definition) is 7. The zero-order valence-electron chi connectivity index (χ0n) is 19.5. The lowest BCUT2D eigenvalue weighted by Crippen LogP contribution is -2.44. The van der Waals surface area contributed by atoms with Gasteiger partial charge in [0.25, 0.3) is 5.91 Å². The summed E-state index contributed by atoms with van der Waals surface area (Å²) in [5.74, 6) is -1.69. The average Bonchev–Trinajstić information content (AvgIpc) is 3.41. The van der Waals surface area contributed by atoms with E-state index in [1.165, 1.54) is 9.69 Å². The van der Waals surface area contributed by atoms with Crippen molar-refractivity contribution in [2.24, 2.45) is 16.8 Å². The topological polar surface area (TPSA) is 113 Å². The molecule has 0 saturated heterocycles. The summed E-state index contributed by atoms with van der Waals surface area (Å²) < 4.78 is 30.6. The van der Waals surface area contributed by atoms with Crippen LogP contribution in [-0.2, 0) is 4.79 Å². The lowest BCUT2D eigenvalue weighted by molar-refractivity contribution is -0.119. The Balaban J connectivity index is 1.70. The SMILES string of the molecule is CCC(C)NC(=O)C1=CC(c2cnn(C(c3c(F)cncc3F)C(C)C)c2)=CC2NC(N)=NN12. The highest BCUT2D eigenvalue weighted by Gasteiger charge is 2.34. The molecule has 0 spiro atoms. The van der Waals surface area contributed by atoms with Crippen molar-refractivity contribution in [3.63, 3.8) is 0 Å². The number of hydrazone groups is 1. The van der Waals surface area contributed by atoms with Gasteiger partial charge in [0.15, 0.2) is 0 Å². The van der Waals surface area contributed by atoms with Gasteiger partial charge in [0.2, 0.25) is 5.96 Å². The predicted molar refractivity (Wildman–Crippen MR) is 124 cm³/mol. The number of amides is 1. The van der Waals surface area contributed by atoms with Crippen molar-refractivity contribution in [1.29, 1.82) is 0 Å². The van der Waals surface area contributed by atoms with Gasteiger partial charge in [0.05, 0.1) is 30.2 Å². The number of hydrogen-bond donors (Lipinski definition) is 3. The van der Waals surface area contributed by atoms with Gasteiger partial charge in [-0.2, -0.15) is 5.10 Å². The number of aromatic nitrogens is 3. The van der Waals surface area contributed by atoms with Crippen LogP contribution in [0.4, 0.5) is 8.78 Å². The van der Waals surface area contributed by atoms with E-state index in [4.69, 9.17) is 5.73 Å². The third kappa shape index (κ3) is 4.37. The second-order valence-corrected chi connectivity index (χ2v) is 8.77. The normalized spacial score (nSPS) is 19.1. The summed E-state index contributed by atoms with van der Waals surface area (Å²) in [6, 6.07) is -0.698. The molecule has 180 valence electrons. The zero-order valence-corrected chi connectivity index (χ0v) is 19.5. The van der Waals surface area contributed by atoms with Gasteiger partial charge in [0.1, 0.15) is 23.5 Å². The van der Waals surface area contributed by atoms with Crippen LogP contribution in [0.2, 0.25) is 0 Å². The average molecular weight is 471 g/mol. The molecule has 4 heterocycles. The quantitative estimate of drug-likeness (QED) is 0.573. The molecule has 11 heteroatoms. The number of guanidine groups is 1. The van der Waals surface area contributed by atoms with Crippen LogP contribution in [0.3, 0.4) is 0 Å². The molecule has 9 nitrogen and oxygen atoms in total. The molecule has 4 rings (SSSR count). The van der Waals surface area contributed by atoms with Crippen molar-refractivity contribution in [2.75, 3.05) is 0 Å². The molecule has 0 radical (unpaired) electrons. The van der Waals surface area contributed by atoms with E-state index in [9.17, 15) is 13.6 Å². The molecule has 2 aliphatic heterocycles. The number of carbonyl (C=O) groups is 1. The molecule has 0 aromatic carbocycles. The maximum Gasteiger partial charge on any atom is 0.269 e. The van der Waals surface area contributed by atoms with Crippen molar-refractivity contribution in [1.82, 2.24) is 30.4 Å². The number of nitrogens with two attached hydrogens (primary N) is 1. The Morgan fingerprint density at radius 3 is 2.59 bits per heavy atom. The van der Waals surface area contributed by atoms with E-state index < -0.39 is 23.8 Å². The molecule has 1 amide bonds. The van der Waals surface area contributed by atoms with Crippen molar-refractivity contribution >= 4 is 17.4 Å². The lowest BCUT2D eigenvalue weighted by Gasteiger charge is -2.28. The fourth-order valence-electron chi connectivity index (χ4n) is 4.03. The van der Waals surface area contributed by atoms with Crippen molar-refractivity contribution < 1.29 is 13.6 Å². The van der Waals surface area contributed by atoms with Gasteiger partial charge in [-0.05, 0) is 37.0 Å². The van der Waals surface area contributed by atoms with Crippen LogP contribution in [0.1, 0.15) is 51.3 Å². The summed E-state index contributed by atoms with van der Waals surface area (Å²) in [5.41, 5.74) is 7.48. The highest BCUT2D eigenvalue weighted by atomic mass is 19.1. The molecule has 0 bridgehead atoms. The molecule has 2 aromatic rings. The van der Waals surface area contributed by atoms with E-state index in [2.05, 4.69) is 25.8 Å². The first-order valence-corrected chi connectivity index (χ1v) is 11.2. The number of halogens is 2. The van der Waals surface area contributed by atoms with Gasteiger partial charge < -0.3 is 16.4 Å². The molecule has 2 aliphatic rings. The Kier molecular flexibility index (Phi) is 6.36. The molecule has 4 N–H and O–H groups in total. The lowest BCUT2D eigenvalue weighted by atomic mass is 9.96. The van der Waals surface area contributed by atoms with Crippen LogP contribution in [0.25, 0.3) is 5.57 Å². The second-order valence-electron chi connectivity index (χ2n) is 8.77. The summed E-state index contributed by atoms with van der Waals surface area (Å²) >= 11 is 0. The number of nitrogens with one attached hydrogen (secondary N) is 2. The van der Waals surface area contributed by atoms with Crippen molar-refractivity contribution in [3.05, 3.63) is 65.4 Å². The van der Waals surface area contributed by atoms with Crippen LogP contribution >= 0.6 is 0 Å². The summed E-state index contributed by atoms with van der Waals surface area (Å²) in [7, 11) is 0.